The van der Waals surface area contributed by atoms with Crippen molar-refractivity contribution < 1.29 is 9.13 Å². The normalized spacial score (nSPS) is 21.6. The second-order valence-corrected chi connectivity index (χ2v) is 8.22. The van der Waals surface area contributed by atoms with E-state index in [4.69, 9.17) is 4.74 Å². The largest absolute Gasteiger partial charge is 0.490 e. The lowest BCUT2D eigenvalue weighted by Gasteiger charge is -2.20. The van der Waals surface area contributed by atoms with Gasteiger partial charge in [0.25, 0.3) is 0 Å². The summed E-state index contributed by atoms with van der Waals surface area (Å²) in [5, 5.41) is 6.80. The van der Waals surface area contributed by atoms with Gasteiger partial charge in [0.15, 0.2) is 17.5 Å². The summed E-state index contributed by atoms with van der Waals surface area (Å²) in [6, 6.07) is 5.18. The molecule has 0 bridgehead atoms. The molecular weight excluding hydrogens is 355 g/mol. The van der Waals surface area contributed by atoms with Crippen LogP contribution in [0.5, 0.6) is 5.75 Å². The number of guanidine groups is 1. The average molecular weight is 391 g/mol. The SMILES string of the molecule is CCCN1CCC(CNC(=NC)NC(C)c2ccc(OCC3CC3)c(F)c2)C1. The summed E-state index contributed by atoms with van der Waals surface area (Å²) in [5.41, 5.74) is 0.884. The number of nitrogens with zero attached hydrogens (tertiary/aromatic N) is 2. The van der Waals surface area contributed by atoms with Gasteiger partial charge in [-0.05, 0) is 75.2 Å². The molecule has 0 amide bonds. The van der Waals surface area contributed by atoms with Crippen LogP contribution in [0.15, 0.2) is 23.2 Å². The Morgan fingerprint density at radius 2 is 2.14 bits per heavy atom. The van der Waals surface area contributed by atoms with Crippen molar-refractivity contribution in [3.8, 4) is 5.75 Å². The minimum Gasteiger partial charge on any atom is -0.490 e. The van der Waals surface area contributed by atoms with Gasteiger partial charge in [-0.3, -0.25) is 4.99 Å². The van der Waals surface area contributed by atoms with Crippen molar-refractivity contribution in [3.63, 3.8) is 0 Å². The molecule has 0 aromatic heterocycles. The minimum absolute atomic E-state index is 0.0432. The number of rotatable bonds is 9. The Morgan fingerprint density at radius 3 is 2.82 bits per heavy atom. The van der Waals surface area contributed by atoms with Crippen molar-refractivity contribution in [1.29, 1.82) is 0 Å². The van der Waals surface area contributed by atoms with E-state index in [9.17, 15) is 4.39 Å². The predicted octanol–water partition coefficient (Wildman–Crippen LogP) is 3.57. The second-order valence-electron chi connectivity index (χ2n) is 8.22. The third-order valence-electron chi connectivity index (χ3n) is 5.67. The van der Waals surface area contributed by atoms with E-state index in [1.807, 2.05) is 13.0 Å². The maximum atomic E-state index is 14.3. The summed E-state index contributed by atoms with van der Waals surface area (Å²) in [7, 11) is 1.77. The van der Waals surface area contributed by atoms with Crippen LogP contribution < -0.4 is 15.4 Å². The van der Waals surface area contributed by atoms with Gasteiger partial charge >= 0.3 is 0 Å². The Hall–Kier alpha value is -1.82. The first-order valence-corrected chi connectivity index (χ1v) is 10.7. The zero-order valence-corrected chi connectivity index (χ0v) is 17.5. The van der Waals surface area contributed by atoms with E-state index in [-0.39, 0.29) is 11.9 Å². The topological polar surface area (TPSA) is 48.9 Å². The van der Waals surface area contributed by atoms with Gasteiger partial charge in [0, 0.05) is 20.1 Å². The zero-order valence-electron chi connectivity index (χ0n) is 17.5. The zero-order chi connectivity index (χ0) is 19.9. The van der Waals surface area contributed by atoms with Gasteiger partial charge in [0.2, 0.25) is 0 Å². The van der Waals surface area contributed by atoms with Crippen molar-refractivity contribution in [2.45, 2.75) is 45.6 Å². The fourth-order valence-electron chi connectivity index (χ4n) is 3.72. The number of benzene rings is 1. The van der Waals surface area contributed by atoms with E-state index in [0.29, 0.717) is 24.2 Å². The van der Waals surface area contributed by atoms with Crippen molar-refractivity contribution >= 4 is 5.96 Å². The molecule has 5 nitrogen and oxygen atoms in total. The molecule has 2 unspecified atom stereocenters. The highest BCUT2D eigenvalue weighted by atomic mass is 19.1. The molecular formula is C22H35FN4O. The molecule has 156 valence electrons. The van der Waals surface area contributed by atoms with Crippen molar-refractivity contribution in [2.24, 2.45) is 16.8 Å². The smallest absolute Gasteiger partial charge is 0.191 e. The van der Waals surface area contributed by atoms with Crippen LogP contribution in [-0.4, -0.2) is 50.7 Å². The molecule has 2 aliphatic rings. The van der Waals surface area contributed by atoms with Gasteiger partial charge in [0.1, 0.15) is 0 Å². The molecule has 28 heavy (non-hydrogen) atoms. The number of hydrogen-bond acceptors (Lipinski definition) is 3. The molecule has 1 heterocycles. The molecule has 1 aliphatic carbocycles. The van der Waals surface area contributed by atoms with Crippen LogP contribution >= 0.6 is 0 Å². The fraction of sp³-hybridized carbons (Fsp3) is 0.682. The molecule has 1 aromatic carbocycles. The molecule has 3 rings (SSSR count). The summed E-state index contributed by atoms with van der Waals surface area (Å²) in [6.45, 7) is 9.31. The molecule has 0 radical (unpaired) electrons. The van der Waals surface area contributed by atoms with E-state index in [1.165, 1.54) is 38.8 Å². The molecule has 0 spiro atoms. The van der Waals surface area contributed by atoms with E-state index in [1.54, 1.807) is 19.2 Å². The quantitative estimate of drug-likeness (QED) is 0.500. The standard InChI is InChI=1S/C22H35FN4O/c1-4-10-27-11-9-18(14-27)13-25-22(24-3)26-16(2)19-7-8-21(20(23)12-19)28-15-17-5-6-17/h7-8,12,16-18H,4-6,9-11,13-15H2,1-3H3,(H2,24,25,26). The Morgan fingerprint density at radius 1 is 1.32 bits per heavy atom. The molecule has 1 saturated heterocycles. The summed E-state index contributed by atoms with van der Waals surface area (Å²) in [5.74, 6) is 2.08. The van der Waals surface area contributed by atoms with Crippen LogP contribution in [0.4, 0.5) is 4.39 Å². The van der Waals surface area contributed by atoms with Gasteiger partial charge in [-0.1, -0.05) is 13.0 Å². The lowest BCUT2D eigenvalue weighted by atomic mass is 10.1. The summed E-state index contributed by atoms with van der Waals surface area (Å²) < 4.78 is 19.9. The van der Waals surface area contributed by atoms with Crippen LogP contribution in [-0.2, 0) is 0 Å². The van der Waals surface area contributed by atoms with Crippen LogP contribution in [0.3, 0.4) is 0 Å². The molecule has 1 saturated carbocycles. The molecule has 1 aliphatic heterocycles. The number of aliphatic imine (C=N–C) groups is 1. The Balaban J connectivity index is 1.46. The number of hydrogen-bond donors (Lipinski definition) is 2. The van der Waals surface area contributed by atoms with Crippen molar-refractivity contribution in [1.82, 2.24) is 15.5 Å². The van der Waals surface area contributed by atoms with Crippen molar-refractivity contribution in [3.05, 3.63) is 29.6 Å². The van der Waals surface area contributed by atoms with Gasteiger partial charge < -0.3 is 20.3 Å². The second kappa shape index (κ2) is 10.1. The average Bonchev–Trinajstić information content (AvgIpc) is 3.42. The van der Waals surface area contributed by atoms with Crippen molar-refractivity contribution in [2.75, 3.05) is 39.8 Å². The highest BCUT2D eigenvalue weighted by Gasteiger charge is 2.23. The highest BCUT2D eigenvalue weighted by Crippen LogP contribution is 2.30. The maximum absolute atomic E-state index is 14.3. The molecule has 2 fully saturated rings. The molecule has 1 aromatic rings. The number of likely N-dealkylation sites (tertiary alicyclic amines) is 1. The minimum atomic E-state index is -0.295. The predicted molar refractivity (Wildman–Crippen MR) is 112 cm³/mol. The van der Waals surface area contributed by atoms with E-state index in [0.717, 1.165) is 24.6 Å². The van der Waals surface area contributed by atoms with Crippen LogP contribution in [0.2, 0.25) is 0 Å². The lowest BCUT2D eigenvalue weighted by Crippen LogP contribution is -2.41. The Labute approximate surface area is 168 Å². The van der Waals surface area contributed by atoms with E-state index < -0.39 is 0 Å². The molecule has 6 heteroatoms. The summed E-state index contributed by atoms with van der Waals surface area (Å²) in [6.07, 6.45) is 4.84. The van der Waals surface area contributed by atoms with Crippen LogP contribution in [0.25, 0.3) is 0 Å². The first-order valence-electron chi connectivity index (χ1n) is 10.7. The highest BCUT2D eigenvalue weighted by molar-refractivity contribution is 5.80. The first kappa shape index (κ1) is 20.9. The third kappa shape index (κ3) is 6.09. The fourth-order valence-corrected chi connectivity index (χ4v) is 3.72. The van der Waals surface area contributed by atoms with Gasteiger partial charge in [-0.2, -0.15) is 0 Å². The van der Waals surface area contributed by atoms with E-state index >= 15 is 0 Å². The van der Waals surface area contributed by atoms with Crippen LogP contribution in [0.1, 0.15) is 51.1 Å². The van der Waals surface area contributed by atoms with Gasteiger partial charge in [-0.15, -0.1) is 0 Å². The summed E-state index contributed by atoms with van der Waals surface area (Å²) in [4.78, 5) is 6.86. The summed E-state index contributed by atoms with van der Waals surface area (Å²) >= 11 is 0. The number of nitrogens with one attached hydrogen (secondary N) is 2. The molecule has 2 atom stereocenters. The number of halogens is 1. The monoisotopic (exact) mass is 390 g/mol. The Bertz CT molecular complexity index is 662. The number of ether oxygens (including phenoxy) is 1. The van der Waals surface area contributed by atoms with Crippen LogP contribution in [0, 0.1) is 17.7 Å². The first-order chi connectivity index (χ1) is 13.6. The molecule has 2 N–H and O–H groups in total. The Kier molecular flexibility index (Phi) is 7.54. The van der Waals surface area contributed by atoms with Gasteiger partial charge in [-0.25, -0.2) is 4.39 Å². The third-order valence-corrected chi connectivity index (χ3v) is 5.67. The van der Waals surface area contributed by atoms with Gasteiger partial charge in [0.05, 0.1) is 12.6 Å². The van der Waals surface area contributed by atoms with E-state index in [2.05, 4.69) is 27.4 Å². The maximum Gasteiger partial charge on any atom is 0.191 e. The lowest BCUT2D eigenvalue weighted by molar-refractivity contribution is 0.285.